The van der Waals surface area contributed by atoms with E-state index in [1.165, 1.54) is 6.92 Å². The number of hydrogen-bond acceptors (Lipinski definition) is 3. The fourth-order valence-electron chi connectivity index (χ4n) is 0.419. The van der Waals surface area contributed by atoms with Crippen molar-refractivity contribution in [2.24, 2.45) is 0 Å². The number of esters is 1. The van der Waals surface area contributed by atoms with Crippen LogP contribution < -0.4 is 0 Å². The molecular weight excluding hydrogens is 156 g/mol. The van der Waals surface area contributed by atoms with Crippen LogP contribution in [0.1, 0.15) is 13.8 Å². The van der Waals surface area contributed by atoms with E-state index in [9.17, 15) is 4.79 Å². The molecule has 0 radical (unpaired) electrons. The first kappa shape index (κ1) is 9.72. The van der Waals surface area contributed by atoms with Gasteiger partial charge in [-0.05, 0) is 13.8 Å². The number of rotatable bonds is 3. The normalized spacial score (nSPS) is 16.0. The van der Waals surface area contributed by atoms with Crippen LogP contribution in [0.25, 0.3) is 0 Å². The van der Waals surface area contributed by atoms with Gasteiger partial charge in [0.15, 0.2) is 5.38 Å². The van der Waals surface area contributed by atoms with E-state index in [0.29, 0.717) is 0 Å². The molecule has 0 aliphatic heterocycles. The molecule has 0 aromatic rings. The van der Waals surface area contributed by atoms with Crippen molar-refractivity contribution in [3.63, 3.8) is 0 Å². The first-order valence-corrected chi connectivity index (χ1v) is 3.52. The van der Waals surface area contributed by atoms with Gasteiger partial charge in [0.1, 0.15) is 0 Å². The topological polar surface area (TPSA) is 46.5 Å². The molecule has 0 aromatic carbocycles. The summed E-state index contributed by atoms with van der Waals surface area (Å²) in [4.78, 5) is 10.7. The van der Waals surface area contributed by atoms with Crippen molar-refractivity contribution in [3.8, 4) is 0 Å². The highest BCUT2D eigenvalue weighted by Gasteiger charge is 2.21. The Morgan fingerprint density at radius 3 is 2.60 bits per heavy atom. The standard InChI is InChI=1S/C6H11ClO3/c1-3-10-6(9)5(7)4(2)8/h4-5,8H,3H2,1-2H3/t4-,5-/m0/s1. The van der Waals surface area contributed by atoms with Gasteiger partial charge in [0, 0.05) is 0 Å². The minimum Gasteiger partial charge on any atom is -0.465 e. The van der Waals surface area contributed by atoms with E-state index in [1.54, 1.807) is 6.92 Å². The number of aliphatic hydroxyl groups excluding tert-OH is 1. The molecule has 10 heavy (non-hydrogen) atoms. The number of aliphatic hydroxyl groups is 1. The summed E-state index contributed by atoms with van der Waals surface area (Å²) in [5.74, 6) is -0.570. The van der Waals surface area contributed by atoms with Crippen LogP contribution in [-0.4, -0.2) is 29.2 Å². The van der Waals surface area contributed by atoms with Gasteiger partial charge in [0.05, 0.1) is 12.7 Å². The molecule has 1 N–H and O–H groups in total. The smallest absolute Gasteiger partial charge is 0.326 e. The van der Waals surface area contributed by atoms with Crippen molar-refractivity contribution in [1.29, 1.82) is 0 Å². The molecular formula is C6H11ClO3. The highest BCUT2D eigenvalue weighted by atomic mass is 35.5. The van der Waals surface area contributed by atoms with E-state index in [1.807, 2.05) is 0 Å². The van der Waals surface area contributed by atoms with E-state index in [2.05, 4.69) is 4.74 Å². The van der Waals surface area contributed by atoms with Crippen molar-refractivity contribution in [2.75, 3.05) is 6.61 Å². The first-order valence-electron chi connectivity index (χ1n) is 3.08. The highest BCUT2D eigenvalue weighted by Crippen LogP contribution is 2.04. The Morgan fingerprint density at radius 1 is 1.80 bits per heavy atom. The Labute approximate surface area is 64.9 Å². The number of alkyl halides is 1. The summed E-state index contributed by atoms with van der Waals surface area (Å²) in [6.45, 7) is 3.41. The minimum absolute atomic E-state index is 0.286. The van der Waals surface area contributed by atoms with E-state index < -0.39 is 17.5 Å². The van der Waals surface area contributed by atoms with Crippen LogP contribution in [0, 0.1) is 0 Å². The Morgan fingerprint density at radius 2 is 2.30 bits per heavy atom. The number of halogens is 1. The number of ether oxygens (including phenoxy) is 1. The lowest BCUT2D eigenvalue weighted by atomic mass is 10.3. The number of carbonyl (C=O) groups is 1. The molecule has 0 bridgehead atoms. The predicted molar refractivity (Wildman–Crippen MR) is 38.0 cm³/mol. The predicted octanol–water partition coefficient (Wildman–Crippen LogP) is 0.538. The lowest BCUT2D eigenvalue weighted by Crippen LogP contribution is -2.28. The SMILES string of the molecule is CCOC(=O)[C@@H](Cl)[C@H](C)O. The second-order valence-electron chi connectivity index (χ2n) is 1.89. The van der Waals surface area contributed by atoms with Gasteiger partial charge in [-0.1, -0.05) is 0 Å². The molecule has 0 heterocycles. The lowest BCUT2D eigenvalue weighted by molar-refractivity contribution is -0.144. The maximum absolute atomic E-state index is 10.7. The molecule has 0 aliphatic rings. The van der Waals surface area contributed by atoms with Crippen molar-refractivity contribution >= 4 is 17.6 Å². The van der Waals surface area contributed by atoms with Gasteiger partial charge in [-0.25, -0.2) is 0 Å². The molecule has 0 fully saturated rings. The maximum atomic E-state index is 10.7. The van der Waals surface area contributed by atoms with Gasteiger partial charge in [-0.2, -0.15) is 0 Å². The Balaban J connectivity index is 3.71. The van der Waals surface area contributed by atoms with Gasteiger partial charge in [0.25, 0.3) is 0 Å². The van der Waals surface area contributed by atoms with Crippen LogP contribution in [-0.2, 0) is 9.53 Å². The van der Waals surface area contributed by atoms with Crippen molar-refractivity contribution < 1.29 is 14.6 Å². The molecule has 0 aromatic heterocycles. The zero-order valence-electron chi connectivity index (χ0n) is 6.00. The number of carbonyl (C=O) groups excluding carboxylic acids is 1. The quantitative estimate of drug-likeness (QED) is 0.492. The average molecular weight is 167 g/mol. The molecule has 0 rings (SSSR count). The van der Waals surface area contributed by atoms with Crippen LogP contribution in [0.5, 0.6) is 0 Å². The summed E-state index contributed by atoms with van der Waals surface area (Å²) >= 11 is 5.42. The minimum atomic E-state index is -0.944. The van der Waals surface area contributed by atoms with Crippen LogP contribution >= 0.6 is 11.6 Å². The zero-order chi connectivity index (χ0) is 8.15. The Bertz CT molecular complexity index is 114. The van der Waals surface area contributed by atoms with Gasteiger partial charge in [-0.15, -0.1) is 11.6 Å². The molecule has 4 heteroatoms. The van der Waals surface area contributed by atoms with E-state index >= 15 is 0 Å². The Kier molecular flexibility index (Phi) is 4.40. The lowest BCUT2D eigenvalue weighted by Gasteiger charge is -2.09. The fraction of sp³-hybridized carbons (Fsp3) is 0.833. The van der Waals surface area contributed by atoms with Crippen LogP contribution in [0.2, 0.25) is 0 Å². The molecule has 0 saturated heterocycles. The monoisotopic (exact) mass is 166 g/mol. The van der Waals surface area contributed by atoms with E-state index in [0.717, 1.165) is 0 Å². The van der Waals surface area contributed by atoms with Crippen molar-refractivity contribution in [3.05, 3.63) is 0 Å². The summed E-state index contributed by atoms with van der Waals surface area (Å²) in [7, 11) is 0. The largest absolute Gasteiger partial charge is 0.465 e. The van der Waals surface area contributed by atoms with Crippen molar-refractivity contribution in [1.82, 2.24) is 0 Å². The summed E-state index contributed by atoms with van der Waals surface area (Å²) < 4.78 is 4.53. The molecule has 0 amide bonds. The average Bonchev–Trinajstić information content (AvgIpc) is 1.87. The summed E-state index contributed by atoms with van der Waals surface area (Å²) in [5.41, 5.74) is 0. The second kappa shape index (κ2) is 4.52. The molecule has 60 valence electrons. The highest BCUT2D eigenvalue weighted by molar-refractivity contribution is 6.30. The van der Waals surface area contributed by atoms with Crippen molar-refractivity contribution in [2.45, 2.75) is 25.3 Å². The molecule has 3 nitrogen and oxygen atoms in total. The van der Waals surface area contributed by atoms with Crippen LogP contribution in [0.3, 0.4) is 0 Å². The third-order valence-corrected chi connectivity index (χ3v) is 1.48. The van der Waals surface area contributed by atoms with Gasteiger partial charge < -0.3 is 9.84 Å². The fourth-order valence-corrected chi connectivity index (χ4v) is 0.482. The summed E-state index contributed by atoms with van der Waals surface area (Å²) in [5, 5.41) is 7.84. The first-order chi connectivity index (χ1) is 4.59. The molecule has 0 saturated carbocycles. The van der Waals surface area contributed by atoms with Gasteiger partial charge in [0.2, 0.25) is 0 Å². The molecule has 0 unspecified atom stereocenters. The number of hydrogen-bond donors (Lipinski definition) is 1. The van der Waals surface area contributed by atoms with Crippen LogP contribution in [0.4, 0.5) is 0 Å². The molecule has 0 aliphatic carbocycles. The van der Waals surface area contributed by atoms with Gasteiger partial charge >= 0.3 is 5.97 Å². The van der Waals surface area contributed by atoms with Crippen LogP contribution in [0.15, 0.2) is 0 Å². The molecule has 0 spiro atoms. The third-order valence-electron chi connectivity index (χ3n) is 0.935. The summed E-state index contributed by atoms with van der Waals surface area (Å²) in [6.07, 6.45) is -0.860. The van der Waals surface area contributed by atoms with Gasteiger partial charge in [-0.3, -0.25) is 4.79 Å². The van der Waals surface area contributed by atoms with E-state index in [4.69, 9.17) is 16.7 Å². The van der Waals surface area contributed by atoms with E-state index in [-0.39, 0.29) is 6.61 Å². The second-order valence-corrected chi connectivity index (χ2v) is 2.36. The third kappa shape index (κ3) is 3.03. The Hall–Kier alpha value is -0.280. The maximum Gasteiger partial charge on any atom is 0.326 e. The summed E-state index contributed by atoms with van der Waals surface area (Å²) in [6, 6.07) is 0. The molecule has 2 atom stereocenters. The zero-order valence-corrected chi connectivity index (χ0v) is 6.76.